The number of carboxylic acids is 3. The molecular weight excluding hydrogens is 464 g/mol. The van der Waals surface area contributed by atoms with Crippen LogP contribution in [0.2, 0.25) is 0 Å². The Labute approximate surface area is 204 Å². The van der Waals surface area contributed by atoms with Crippen molar-refractivity contribution in [2.45, 2.75) is 90.4 Å². The zero-order chi connectivity index (χ0) is 27.3. The summed E-state index contributed by atoms with van der Waals surface area (Å²) in [6.45, 7) is 6.97. The summed E-state index contributed by atoms with van der Waals surface area (Å²) in [4.78, 5) is 71.5. The normalized spacial score (nSPS) is 15.3. The van der Waals surface area contributed by atoms with Crippen LogP contribution in [-0.4, -0.2) is 75.1 Å². The molecule has 0 bridgehead atoms. The van der Waals surface area contributed by atoms with Crippen LogP contribution in [0.1, 0.15) is 66.2 Å². The fourth-order valence-corrected chi connectivity index (χ4v) is 3.14. The van der Waals surface area contributed by atoms with Gasteiger partial charge in [0.2, 0.25) is 17.7 Å². The molecule has 0 aromatic carbocycles. The topological polar surface area (TPSA) is 225 Å². The first kappa shape index (κ1) is 31.8. The second-order valence-electron chi connectivity index (χ2n) is 8.93. The Morgan fingerprint density at radius 2 is 1.26 bits per heavy atom. The summed E-state index contributed by atoms with van der Waals surface area (Å²) in [5, 5.41) is 34.4. The van der Waals surface area contributed by atoms with Gasteiger partial charge in [0.05, 0.1) is 6.04 Å². The summed E-state index contributed by atoms with van der Waals surface area (Å²) in [6, 6.07) is -4.92. The van der Waals surface area contributed by atoms with Crippen LogP contribution in [0, 0.1) is 11.8 Å². The second-order valence-corrected chi connectivity index (χ2v) is 8.93. The fourth-order valence-electron chi connectivity index (χ4n) is 3.14. The molecule has 0 aromatic rings. The van der Waals surface area contributed by atoms with Gasteiger partial charge in [-0.15, -0.1) is 0 Å². The van der Waals surface area contributed by atoms with Crippen molar-refractivity contribution in [2.24, 2.45) is 17.6 Å². The second kappa shape index (κ2) is 15.6. The van der Waals surface area contributed by atoms with Gasteiger partial charge < -0.3 is 37.0 Å². The fraction of sp³-hybridized carbons (Fsp3) is 0.727. The van der Waals surface area contributed by atoms with Crippen molar-refractivity contribution >= 4 is 35.6 Å². The molecule has 0 saturated heterocycles. The van der Waals surface area contributed by atoms with E-state index in [0.29, 0.717) is 6.42 Å². The van der Waals surface area contributed by atoms with Gasteiger partial charge in [0.1, 0.15) is 18.1 Å². The number of carbonyl (C=O) groups excluding carboxylic acids is 3. The third-order valence-electron chi connectivity index (χ3n) is 5.40. The summed E-state index contributed by atoms with van der Waals surface area (Å²) in [6.07, 6.45) is -0.689. The van der Waals surface area contributed by atoms with Crippen molar-refractivity contribution in [1.29, 1.82) is 0 Å². The van der Waals surface area contributed by atoms with Crippen LogP contribution in [0.5, 0.6) is 0 Å². The molecule has 13 nitrogen and oxygen atoms in total. The lowest BCUT2D eigenvalue weighted by atomic mass is 9.96. The Hall–Kier alpha value is -3.22. The average molecular weight is 503 g/mol. The first-order valence-corrected chi connectivity index (χ1v) is 11.5. The Kier molecular flexibility index (Phi) is 14.2. The van der Waals surface area contributed by atoms with E-state index in [2.05, 4.69) is 16.0 Å². The van der Waals surface area contributed by atoms with Crippen molar-refractivity contribution in [3.63, 3.8) is 0 Å². The number of hydrogen-bond donors (Lipinski definition) is 7. The Morgan fingerprint density at radius 3 is 1.71 bits per heavy atom. The highest BCUT2D eigenvalue weighted by Gasteiger charge is 2.32. The predicted octanol–water partition coefficient (Wildman–Crippen LogP) is -0.325. The van der Waals surface area contributed by atoms with Crippen molar-refractivity contribution in [3.8, 4) is 0 Å². The molecule has 5 unspecified atom stereocenters. The Bertz CT molecular complexity index is 772. The van der Waals surface area contributed by atoms with Gasteiger partial charge in [0, 0.05) is 12.8 Å². The van der Waals surface area contributed by atoms with Gasteiger partial charge >= 0.3 is 17.9 Å². The van der Waals surface area contributed by atoms with Crippen molar-refractivity contribution < 1.29 is 44.1 Å². The van der Waals surface area contributed by atoms with E-state index < -0.39 is 72.1 Å². The van der Waals surface area contributed by atoms with Gasteiger partial charge in [-0.1, -0.05) is 34.1 Å². The van der Waals surface area contributed by atoms with E-state index in [4.69, 9.17) is 15.9 Å². The van der Waals surface area contributed by atoms with E-state index in [0.717, 1.165) is 0 Å². The highest BCUT2D eigenvalue weighted by atomic mass is 16.4. The molecule has 0 aliphatic rings. The van der Waals surface area contributed by atoms with Crippen LogP contribution in [0.25, 0.3) is 0 Å². The zero-order valence-electron chi connectivity index (χ0n) is 20.6. The zero-order valence-corrected chi connectivity index (χ0v) is 20.6. The molecule has 0 spiro atoms. The lowest BCUT2D eigenvalue weighted by molar-refractivity contribution is -0.143. The summed E-state index contributed by atoms with van der Waals surface area (Å²) >= 11 is 0. The minimum absolute atomic E-state index is 0.0567. The highest BCUT2D eigenvalue weighted by molar-refractivity contribution is 5.94. The van der Waals surface area contributed by atoms with E-state index in [1.165, 1.54) is 0 Å². The van der Waals surface area contributed by atoms with E-state index in [1.54, 1.807) is 27.7 Å². The molecule has 0 aromatic heterocycles. The summed E-state index contributed by atoms with van der Waals surface area (Å²) in [5.74, 6) is -6.48. The van der Waals surface area contributed by atoms with Crippen LogP contribution >= 0.6 is 0 Å². The van der Waals surface area contributed by atoms with E-state index in [9.17, 15) is 33.9 Å². The van der Waals surface area contributed by atoms with Crippen LogP contribution in [-0.2, 0) is 28.8 Å². The SMILES string of the molecule is CCC(C)C(NC(=O)C(N)CCC(=O)O)C(=O)NC(CCC(=O)O)C(=O)NC(CC(C)C)C(=O)O. The molecule has 0 heterocycles. The number of nitrogens with one attached hydrogen (secondary N) is 3. The van der Waals surface area contributed by atoms with Crippen molar-refractivity contribution in [1.82, 2.24) is 16.0 Å². The lowest BCUT2D eigenvalue weighted by Crippen LogP contribution is -2.58. The molecular formula is C22H38N4O9. The van der Waals surface area contributed by atoms with Gasteiger partial charge in [-0.2, -0.15) is 0 Å². The molecule has 35 heavy (non-hydrogen) atoms. The smallest absolute Gasteiger partial charge is 0.326 e. The number of nitrogens with two attached hydrogens (primary N) is 1. The molecule has 0 rings (SSSR count). The van der Waals surface area contributed by atoms with E-state index in [-0.39, 0.29) is 31.6 Å². The van der Waals surface area contributed by atoms with Gasteiger partial charge in [0.15, 0.2) is 0 Å². The molecule has 3 amide bonds. The van der Waals surface area contributed by atoms with Gasteiger partial charge in [0.25, 0.3) is 0 Å². The summed E-state index contributed by atoms with van der Waals surface area (Å²) < 4.78 is 0. The Morgan fingerprint density at radius 1 is 0.743 bits per heavy atom. The summed E-state index contributed by atoms with van der Waals surface area (Å²) in [5.41, 5.74) is 5.72. The molecule has 200 valence electrons. The summed E-state index contributed by atoms with van der Waals surface area (Å²) in [7, 11) is 0. The highest BCUT2D eigenvalue weighted by Crippen LogP contribution is 2.11. The van der Waals surface area contributed by atoms with Crippen molar-refractivity contribution in [2.75, 3.05) is 0 Å². The monoisotopic (exact) mass is 502 g/mol. The maximum Gasteiger partial charge on any atom is 0.326 e. The number of amides is 3. The lowest BCUT2D eigenvalue weighted by Gasteiger charge is -2.28. The van der Waals surface area contributed by atoms with Crippen LogP contribution in [0.4, 0.5) is 0 Å². The first-order chi connectivity index (χ1) is 16.2. The minimum Gasteiger partial charge on any atom is -0.481 e. The third kappa shape index (κ3) is 12.7. The number of carboxylic acid groups (broad SMARTS) is 3. The van der Waals surface area contributed by atoms with Gasteiger partial charge in [-0.05, 0) is 31.1 Å². The maximum atomic E-state index is 13.0. The molecule has 13 heteroatoms. The first-order valence-electron chi connectivity index (χ1n) is 11.5. The van der Waals surface area contributed by atoms with Crippen LogP contribution < -0.4 is 21.7 Å². The predicted molar refractivity (Wildman–Crippen MR) is 124 cm³/mol. The molecule has 0 aliphatic carbocycles. The molecule has 8 N–H and O–H groups in total. The molecule has 0 aliphatic heterocycles. The molecule has 0 fully saturated rings. The van der Waals surface area contributed by atoms with Crippen LogP contribution in [0.15, 0.2) is 0 Å². The average Bonchev–Trinajstić information content (AvgIpc) is 2.76. The van der Waals surface area contributed by atoms with Crippen LogP contribution in [0.3, 0.4) is 0 Å². The molecule has 5 atom stereocenters. The maximum absolute atomic E-state index is 13.0. The van der Waals surface area contributed by atoms with Gasteiger partial charge in [-0.25, -0.2) is 4.79 Å². The quantitative estimate of drug-likeness (QED) is 0.137. The Balaban J connectivity index is 5.60. The number of rotatable bonds is 17. The minimum atomic E-state index is -1.36. The van der Waals surface area contributed by atoms with Gasteiger partial charge in [-0.3, -0.25) is 24.0 Å². The molecule has 0 saturated carbocycles. The third-order valence-corrected chi connectivity index (χ3v) is 5.40. The van der Waals surface area contributed by atoms with E-state index in [1.807, 2.05) is 0 Å². The molecule has 0 radical (unpaired) electrons. The largest absolute Gasteiger partial charge is 0.481 e. The number of carbonyl (C=O) groups is 6. The number of hydrogen-bond acceptors (Lipinski definition) is 7. The van der Waals surface area contributed by atoms with Crippen molar-refractivity contribution in [3.05, 3.63) is 0 Å². The van der Waals surface area contributed by atoms with E-state index >= 15 is 0 Å². The standard InChI is InChI=1S/C22H38N4O9/c1-5-12(4)18(26-19(31)13(23)6-8-16(27)28)21(33)24-14(7-9-17(29)30)20(32)25-15(22(34)35)10-11(2)3/h11-15,18H,5-10,23H2,1-4H3,(H,24,33)(H,25,32)(H,26,31)(H,27,28)(H,29,30)(H,34,35). The number of aliphatic carboxylic acids is 3.